The van der Waals surface area contributed by atoms with Crippen LogP contribution in [0.3, 0.4) is 0 Å². The molecule has 1 aliphatic rings. The molecule has 0 bridgehead atoms. The standard InChI is InChI=1S/C16H12N2OS/c19-15-10-14(11-6-2-1-3-7-11)20-16-17-12-8-4-5-9-13(12)18(15)16/h1-9,14H,10H2/p+1. The zero-order valence-corrected chi connectivity index (χ0v) is 11.6. The second kappa shape index (κ2) is 4.49. The molecule has 0 saturated carbocycles. The third-order valence-electron chi connectivity index (χ3n) is 3.62. The van der Waals surface area contributed by atoms with Gasteiger partial charge in [-0.25, -0.2) is 9.78 Å². The van der Waals surface area contributed by atoms with Crippen molar-refractivity contribution in [2.45, 2.75) is 16.8 Å². The molecule has 3 aromatic rings. The number of nitrogens with zero attached hydrogens (tertiary/aromatic N) is 1. The number of aromatic amines is 1. The quantitative estimate of drug-likeness (QED) is 0.686. The number of fused-ring (bicyclic) bond motifs is 3. The topological polar surface area (TPSA) is 36.1 Å². The highest BCUT2D eigenvalue weighted by Crippen LogP contribution is 2.41. The van der Waals surface area contributed by atoms with Gasteiger partial charge in [-0.05, 0) is 29.5 Å². The molecule has 0 fully saturated rings. The van der Waals surface area contributed by atoms with Gasteiger partial charge in [0.05, 0.1) is 11.7 Å². The van der Waals surface area contributed by atoms with Crippen LogP contribution >= 0.6 is 11.8 Å². The van der Waals surface area contributed by atoms with Crippen molar-refractivity contribution in [2.75, 3.05) is 0 Å². The Morgan fingerprint density at radius 2 is 1.80 bits per heavy atom. The maximum atomic E-state index is 12.5. The monoisotopic (exact) mass is 281 g/mol. The molecule has 0 radical (unpaired) electrons. The lowest BCUT2D eigenvalue weighted by atomic mass is 10.1. The third-order valence-corrected chi connectivity index (χ3v) is 4.86. The smallest absolute Gasteiger partial charge is 0.246 e. The molecule has 98 valence electrons. The van der Waals surface area contributed by atoms with Crippen molar-refractivity contribution in [1.29, 1.82) is 0 Å². The first-order valence-corrected chi connectivity index (χ1v) is 7.48. The summed E-state index contributed by atoms with van der Waals surface area (Å²) in [6, 6.07) is 18.2. The zero-order chi connectivity index (χ0) is 13.5. The molecule has 4 heteroatoms. The highest BCUT2D eigenvalue weighted by Gasteiger charge is 2.35. The summed E-state index contributed by atoms with van der Waals surface area (Å²) in [4.78, 5) is 15.8. The second-order valence-corrected chi connectivity index (χ2v) is 6.09. The van der Waals surface area contributed by atoms with Gasteiger partial charge in [0, 0.05) is 0 Å². The van der Waals surface area contributed by atoms with E-state index < -0.39 is 0 Å². The van der Waals surface area contributed by atoms with Gasteiger partial charge in [-0.2, -0.15) is 4.57 Å². The highest BCUT2D eigenvalue weighted by molar-refractivity contribution is 7.99. The first kappa shape index (κ1) is 11.7. The molecule has 1 aliphatic heterocycles. The molecule has 0 aliphatic carbocycles. The van der Waals surface area contributed by atoms with E-state index in [0.717, 1.165) is 16.2 Å². The van der Waals surface area contributed by atoms with Crippen LogP contribution in [0.2, 0.25) is 0 Å². The summed E-state index contributed by atoms with van der Waals surface area (Å²) in [6.45, 7) is 0. The first-order chi connectivity index (χ1) is 9.83. The lowest BCUT2D eigenvalue weighted by molar-refractivity contribution is -0.398. The van der Waals surface area contributed by atoms with Gasteiger partial charge in [-0.3, -0.25) is 0 Å². The summed E-state index contributed by atoms with van der Waals surface area (Å²) in [5.41, 5.74) is 3.18. The van der Waals surface area contributed by atoms with Crippen LogP contribution in [0, 0.1) is 0 Å². The van der Waals surface area contributed by atoms with Gasteiger partial charge in [0.15, 0.2) is 11.0 Å². The van der Waals surface area contributed by atoms with Crippen molar-refractivity contribution in [3.63, 3.8) is 0 Å². The number of carbonyl (C=O) groups is 1. The second-order valence-electron chi connectivity index (χ2n) is 4.90. The fraction of sp³-hybridized carbons (Fsp3) is 0.125. The Hall–Kier alpha value is -2.07. The Morgan fingerprint density at radius 1 is 1.05 bits per heavy atom. The molecule has 20 heavy (non-hydrogen) atoms. The summed E-state index contributed by atoms with van der Waals surface area (Å²) in [5, 5.41) is 1.12. The van der Waals surface area contributed by atoms with Crippen LogP contribution in [0.25, 0.3) is 11.0 Å². The third kappa shape index (κ3) is 1.76. The zero-order valence-electron chi connectivity index (χ0n) is 10.7. The minimum atomic E-state index is 0.157. The summed E-state index contributed by atoms with van der Waals surface area (Å²) < 4.78 is 1.80. The Balaban J connectivity index is 1.82. The summed E-state index contributed by atoms with van der Waals surface area (Å²) >= 11 is 1.73. The number of H-pyrrole nitrogens is 1. The molecule has 1 atom stereocenters. The normalized spacial score (nSPS) is 18.2. The molecule has 1 aromatic heterocycles. The summed E-state index contributed by atoms with van der Waals surface area (Å²) in [6.07, 6.45) is 0.536. The Labute approximate surface area is 120 Å². The van der Waals surface area contributed by atoms with Gasteiger partial charge in [0.25, 0.3) is 0 Å². The molecule has 0 saturated heterocycles. The van der Waals surface area contributed by atoms with Crippen LogP contribution in [0.5, 0.6) is 0 Å². The van der Waals surface area contributed by atoms with Crippen LogP contribution in [-0.4, -0.2) is 10.5 Å². The van der Waals surface area contributed by atoms with E-state index in [1.54, 1.807) is 16.3 Å². The minimum Gasteiger partial charge on any atom is -0.246 e. The van der Waals surface area contributed by atoms with Gasteiger partial charge in [-0.15, -0.1) is 0 Å². The van der Waals surface area contributed by atoms with Crippen molar-refractivity contribution in [1.82, 2.24) is 4.57 Å². The van der Waals surface area contributed by atoms with Crippen LogP contribution in [-0.2, 0) is 0 Å². The van der Waals surface area contributed by atoms with E-state index in [4.69, 9.17) is 0 Å². The number of benzene rings is 2. The Bertz CT molecular complexity index is 795. The van der Waals surface area contributed by atoms with Crippen molar-refractivity contribution in [3.05, 3.63) is 60.2 Å². The highest BCUT2D eigenvalue weighted by atomic mass is 32.2. The fourth-order valence-corrected chi connectivity index (χ4v) is 3.93. The van der Waals surface area contributed by atoms with Crippen LogP contribution in [0.15, 0.2) is 59.8 Å². The van der Waals surface area contributed by atoms with E-state index >= 15 is 0 Å². The average molecular weight is 281 g/mol. The van der Waals surface area contributed by atoms with Crippen LogP contribution < -0.4 is 4.98 Å². The van der Waals surface area contributed by atoms with Crippen LogP contribution in [0.4, 0.5) is 0 Å². The maximum absolute atomic E-state index is 12.5. The van der Waals surface area contributed by atoms with Crippen LogP contribution in [0.1, 0.15) is 22.0 Å². The molecular formula is C16H13N2OS+. The van der Waals surface area contributed by atoms with E-state index in [1.807, 2.05) is 42.5 Å². The molecule has 1 N–H and O–H groups in total. The number of imidazole rings is 1. The Kier molecular flexibility index (Phi) is 2.63. The van der Waals surface area contributed by atoms with Gasteiger partial charge in [0.2, 0.25) is 0 Å². The molecule has 3 nitrogen and oxygen atoms in total. The summed E-state index contributed by atoms with van der Waals surface area (Å²) in [7, 11) is 0. The number of rotatable bonds is 1. The van der Waals surface area contributed by atoms with E-state index in [1.165, 1.54) is 5.56 Å². The van der Waals surface area contributed by atoms with Crippen molar-refractivity contribution in [3.8, 4) is 0 Å². The van der Waals surface area contributed by atoms with Crippen molar-refractivity contribution >= 4 is 28.7 Å². The largest absolute Gasteiger partial charge is 0.324 e. The number of carbonyl (C=O) groups excluding carboxylic acids is 1. The number of thioether (sulfide) groups is 1. The molecule has 2 heterocycles. The SMILES string of the molecule is O=C1CC(c2ccccc2)Sc2[nH+]c3ccccc3n21. The maximum Gasteiger partial charge on any atom is 0.324 e. The number of para-hydroxylation sites is 2. The molecule has 4 rings (SSSR count). The predicted molar refractivity (Wildman–Crippen MR) is 78.8 cm³/mol. The van der Waals surface area contributed by atoms with Gasteiger partial charge < -0.3 is 0 Å². The number of hydrogen-bond acceptors (Lipinski definition) is 2. The first-order valence-electron chi connectivity index (χ1n) is 6.60. The predicted octanol–water partition coefficient (Wildman–Crippen LogP) is 3.33. The number of aromatic nitrogens is 2. The van der Waals surface area contributed by atoms with Gasteiger partial charge >= 0.3 is 11.1 Å². The van der Waals surface area contributed by atoms with E-state index in [9.17, 15) is 4.79 Å². The average Bonchev–Trinajstić information content (AvgIpc) is 2.87. The lowest BCUT2D eigenvalue weighted by Gasteiger charge is -2.17. The van der Waals surface area contributed by atoms with Gasteiger partial charge in [0.1, 0.15) is 0 Å². The number of hydrogen-bond donors (Lipinski definition) is 0. The molecule has 0 amide bonds. The van der Waals surface area contributed by atoms with Crippen molar-refractivity contribution in [2.24, 2.45) is 0 Å². The van der Waals surface area contributed by atoms with E-state index in [-0.39, 0.29) is 11.2 Å². The summed E-state index contributed by atoms with van der Waals surface area (Å²) in [5.74, 6) is 0.157. The van der Waals surface area contributed by atoms with Gasteiger partial charge in [-0.1, -0.05) is 42.5 Å². The minimum absolute atomic E-state index is 0.157. The molecule has 2 aromatic carbocycles. The van der Waals surface area contributed by atoms with Crippen molar-refractivity contribution < 1.29 is 9.78 Å². The Morgan fingerprint density at radius 3 is 2.65 bits per heavy atom. The fourth-order valence-electron chi connectivity index (χ4n) is 2.66. The molecule has 0 spiro atoms. The lowest BCUT2D eigenvalue weighted by Crippen LogP contribution is -2.22. The van der Waals surface area contributed by atoms with E-state index in [2.05, 4.69) is 17.1 Å². The molecular weight excluding hydrogens is 268 g/mol. The van der Waals surface area contributed by atoms with E-state index in [0.29, 0.717) is 6.42 Å². The molecule has 1 unspecified atom stereocenters. The number of nitrogens with one attached hydrogen (secondary N) is 1.